The molecule has 0 radical (unpaired) electrons. The van der Waals surface area contributed by atoms with Crippen molar-refractivity contribution in [3.63, 3.8) is 0 Å². The van der Waals surface area contributed by atoms with E-state index in [-0.39, 0.29) is 10.6 Å². The third-order valence-electron chi connectivity index (χ3n) is 5.04. The molecule has 6 heteroatoms. The van der Waals surface area contributed by atoms with Crippen LogP contribution in [0.1, 0.15) is 48.7 Å². The number of hydrogen-bond donors (Lipinski definition) is 0. The molecular weight excluding hydrogens is 316 g/mol. The summed E-state index contributed by atoms with van der Waals surface area (Å²) in [5.74, 6) is 0.567. The van der Waals surface area contributed by atoms with Gasteiger partial charge in [0.25, 0.3) is 5.69 Å². The number of benzene rings is 1. The zero-order chi connectivity index (χ0) is 17.4. The standard InChI is InChI=1S/C19H20N4O2/c1-13-19-17(10-5-11-18(19)23(24)25)22(21-13)12-15-8-4-9-16(20-15)14-6-2-3-7-14/h4-5,8-11,14H,2-3,6-7,12H2,1H3. The molecule has 0 aliphatic heterocycles. The summed E-state index contributed by atoms with van der Waals surface area (Å²) < 4.78 is 1.82. The van der Waals surface area contributed by atoms with Gasteiger partial charge in [0.2, 0.25) is 0 Å². The minimum Gasteiger partial charge on any atom is -0.258 e. The first-order chi connectivity index (χ1) is 12.1. The summed E-state index contributed by atoms with van der Waals surface area (Å²) >= 11 is 0. The van der Waals surface area contributed by atoms with Crippen LogP contribution in [0, 0.1) is 17.0 Å². The van der Waals surface area contributed by atoms with Gasteiger partial charge in [0.15, 0.2) is 0 Å². The highest BCUT2D eigenvalue weighted by Crippen LogP contribution is 2.33. The second-order valence-electron chi connectivity index (χ2n) is 6.71. The van der Waals surface area contributed by atoms with Crippen molar-refractivity contribution in [3.05, 3.63) is 63.6 Å². The van der Waals surface area contributed by atoms with Gasteiger partial charge in [-0.2, -0.15) is 5.10 Å². The first kappa shape index (κ1) is 15.7. The Morgan fingerprint density at radius 2 is 1.96 bits per heavy atom. The molecule has 4 rings (SSSR count). The summed E-state index contributed by atoms with van der Waals surface area (Å²) in [6, 6.07) is 11.3. The average Bonchev–Trinajstić information content (AvgIpc) is 3.24. The van der Waals surface area contributed by atoms with Gasteiger partial charge < -0.3 is 0 Å². The number of hydrogen-bond acceptors (Lipinski definition) is 4. The van der Waals surface area contributed by atoms with E-state index in [0.717, 1.165) is 16.9 Å². The Bertz CT molecular complexity index is 942. The zero-order valence-corrected chi connectivity index (χ0v) is 14.2. The Hall–Kier alpha value is -2.76. The molecule has 3 aromatic rings. The molecule has 0 spiro atoms. The van der Waals surface area contributed by atoms with Gasteiger partial charge in [-0.05, 0) is 38.0 Å². The van der Waals surface area contributed by atoms with Gasteiger partial charge in [-0.15, -0.1) is 0 Å². The zero-order valence-electron chi connectivity index (χ0n) is 14.2. The van der Waals surface area contributed by atoms with E-state index < -0.39 is 0 Å². The average molecular weight is 336 g/mol. The van der Waals surface area contributed by atoms with E-state index >= 15 is 0 Å². The number of aromatic nitrogens is 3. The largest absolute Gasteiger partial charge is 0.280 e. The first-order valence-corrected chi connectivity index (χ1v) is 8.70. The topological polar surface area (TPSA) is 73.8 Å². The van der Waals surface area contributed by atoms with Gasteiger partial charge in [0.1, 0.15) is 5.39 Å². The van der Waals surface area contributed by atoms with E-state index in [1.165, 1.54) is 31.7 Å². The van der Waals surface area contributed by atoms with Gasteiger partial charge >= 0.3 is 0 Å². The van der Waals surface area contributed by atoms with Gasteiger partial charge in [0.05, 0.1) is 28.4 Å². The normalized spacial score (nSPS) is 15.1. The quantitative estimate of drug-likeness (QED) is 0.524. The number of nitrogens with zero attached hydrogens (tertiary/aromatic N) is 4. The van der Waals surface area contributed by atoms with Crippen molar-refractivity contribution in [2.75, 3.05) is 0 Å². The van der Waals surface area contributed by atoms with Crippen LogP contribution in [0.2, 0.25) is 0 Å². The Balaban J connectivity index is 1.71. The van der Waals surface area contributed by atoms with Crippen molar-refractivity contribution in [2.45, 2.75) is 45.1 Å². The maximum Gasteiger partial charge on any atom is 0.280 e. The maximum absolute atomic E-state index is 11.3. The highest BCUT2D eigenvalue weighted by Gasteiger charge is 2.20. The third kappa shape index (κ3) is 2.88. The van der Waals surface area contributed by atoms with Crippen molar-refractivity contribution in [2.24, 2.45) is 0 Å². The van der Waals surface area contributed by atoms with Crippen molar-refractivity contribution in [3.8, 4) is 0 Å². The third-order valence-corrected chi connectivity index (χ3v) is 5.04. The van der Waals surface area contributed by atoms with E-state index in [2.05, 4.69) is 17.2 Å². The predicted octanol–water partition coefficient (Wildman–Crippen LogP) is 4.35. The SMILES string of the molecule is Cc1nn(Cc2cccc(C3CCCC3)n2)c2cccc([N+](=O)[O-])c12. The van der Waals surface area contributed by atoms with Crippen LogP contribution >= 0.6 is 0 Å². The minimum absolute atomic E-state index is 0.105. The fraction of sp³-hybridized carbons (Fsp3) is 0.368. The van der Waals surface area contributed by atoms with Crippen LogP contribution in [0.5, 0.6) is 0 Å². The maximum atomic E-state index is 11.3. The number of nitro benzene ring substituents is 1. The lowest BCUT2D eigenvalue weighted by Gasteiger charge is -2.10. The molecule has 2 aromatic heterocycles. The summed E-state index contributed by atoms with van der Waals surface area (Å²) in [6.45, 7) is 2.33. The highest BCUT2D eigenvalue weighted by atomic mass is 16.6. The summed E-state index contributed by atoms with van der Waals surface area (Å²) in [6.07, 6.45) is 4.99. The van der Waals surface area contributed by atoms with E-state index in [1.807, 2.05) is 23.7 Å². The molecule has 1 aliphatic carbocycles. The molecule has 0 saturated heterocycles. The summed E-state index contributed by atoms with van der Waals surface area (Å²) in [7, 11) is 0. The lowest BCUT2D eigenvalue weighted by molar-refractivity contribution is -0.383. The first-order valence-electron chi connectivity index (χ1n) is 8.70. The Kier molecular flexibility index (Phi) is 3.95. The molecule has 0 N–H and O–H groups in total. The monoisotopic (exact) mass is 336 g/mol. The summed E-state index contributed by atoms with van der Waals surface area (Å²) in [5.41, 5.74) is 3.66. The molecule has 128 valence electrons. The smallest absolute Gasteiger partial charge is 0.258 e. The molecule has 1 fully saturated rings. The van der Waals surface area contributed by atoms with Crippen LogP contribution in [-0.4, -0.2) is 19.7 Å². The van der Waals surface area contributed by atoms with Crippen molar-refractivity contribution in [1.29, 1.82) is 0 Å². The van der Waals surface area contributed by atoms with Crippen LogP contribution in [-0.2, 0) is 6.54 Å². The highest BCUT2D eigenvalue weighted by molar-refractivity contribution is 5.90. The Labute approximate surface area is 145 Å². The molecule has 25 heavy (non-hydrogen) atoms. The number of nitro groups is 1. The van der Waals surface area contributed by atoms with Gasteiger partial charge in [0, 0.05) is 17.7 Å². The van der Waals surface area contributed by atoms with Crippen LogP contribution in [0.25, 0.3) is 10.9 Å². The summed E-state index contributed by atoms with van der Waals surface area (Å²) in [4.78, 5) is 15.8. The molecule has 2 heterocycles. The van der Waals surface area contributed by atoms with Crippen LogP contribution < -0.4 is 0 Å². The number of aryl methyl sites for hydroxylation is 1. The number of non-ortho nitro benzene ring substituents is 1. The molecule has 1 aromatic carbocycles. The molecule has 0 unspecified atom stereocenters. The molecule has 1 aliphatic rings. The number of fused-ring (bicyclic) bond motifs is 1. The predicted molar refractivity (Wildman–Crippen MR) is 95.7 cm³/mol. The Morgan fingerprint density at radius 1 is 1.20 bits per heavy atom. The Morgan fingerprint density at radius 3 is 2.72 bits per heavy atom. The molecule has 0 amide bonds. The lowest BCUT2D eigenvalue weighted by Crippen LogP contribution is -2.06. The van der Waals surface area contributed by atoms with Crippen molar-refractivity contribution >= 4 is 16.6 Å². The fourth-order valence-electron chi connectivity index (χ4n) is 3.86. The number of rotatable bonds is 4. The minimum atomic E-state index is -0.347. The van der Waals surface area contributed by atoms with E-state index in [1.54, 1.807) is 6.07 Å². The molecule has 6 nitrogen and oxygen atoms in total. The van der Waals surface area contributed by atoms with Crippen LogP contribution in [0.3, 0.4) is 0 Å². The molecule has 1 saturated carbocycles. The second-order valence-corrected chi connectivity index (χ2v) is 6.71. The summed E-state index contributed by atoms with van der Waals surface area (Å²) in [5, 5.41) is 16.4. The van der Waals surface area contributed by atoms with Gasteiger partial charge in [-0.25, -0.2) is 0 Å². The number of pyridine rings is 1. The molecule has 0 bridgehead atoms. The van der Waals surface area contributed by atoms with Gasteiger partial charge in [-0.1, -0.05) is 25.0 Å². The van der Waals surface area contributed by atoms with E-state index in [0.29, 0.717) is 23.5 Å². The van der Waals surface area contributed by atoms with E-state index in [4.69, 9.17) is 4.98 Å². The van der Waals surface area contributed by atoms with Crippen LogP contribution in [0.4, 0.5) is 5.69 Å². The molecule has 0 atom stereocenters. The molecular formula is C19H20N4O2. The van der Waals surface area contributed by atoms with Crippen molar-refractivity contribution < 1.29 is 4.92 Å². The fourth-order valence-corrected chi connectivity index (χ4v) is 3.86. The second kappa shape index (κ2) is 6.27. The van der Waals surface area contributed by atoms with Gasteiger partial charge in [-0.3, -0.25) is 19.8 Å². The van der Waals surface area contributed by atoms with E-state index in [9.17, 15) is 10.1 Å². The lowest BCUT2D eigenvalue weighted by atomic mass is 10.0. The van der Waals surface area contributed by atoms with Crippen molar-refractivity contribution in [1.82, 2.24) is 14.8 Å². The van der Waals surface area contributed by atoms with Crippen LogP contribution in [0.15, 0.2) is 36.4 Å².